The van der Waals surface area contributed by atoms with E-state index in [4.69, 9.17) is 5.11 Å². The Balaban J connectivity index is 3.54. The quantitative estimate of drug-likeness (QED) is 0.300. The van der Waals surface area contributed by atoms with Crippen LogP contribution in [0.15, 0.2) is 0 Å². The molecule has 0 bridgehead atoms. The second-order valence-electron chi connectivity index (χ2n) is 1.80. The molecule has 7 heavy (non-hydrogen) atoms. The fourth-order valence-electron chi connectivity index (χ4n) is 0. The summed E-state index contributed by atoms with van der Waals surface area (Å²) in [4.78, 5) is 1.73. The third kappa shape index (κ3) is 3.25. The molecule has 2 nitrogen and oxygen atoms in total. The third-order valence-electron chi connectivity index (χ3n) is 0.816. The van der Waals surface area contributed by atoms with Crippen LogP contribution in [0.3, 0.4) is 0 Å². The van der Waals surface area contributed by atoms with Crippen LogP contribution in [0.25, 0.3) is 0 Å². The van der Waals surface area contributed by atoms with Crippen molar-refractivity contribution in [3.8, 4) is 0 Å². The van der Waals surface area contributed by atoms with Gasteiger partial charge in [-0.05, 0) is 43.6 Å². The second kappa shape index (κ2) is 2.28. The van der Waals surface area contributed by atoms with Gasteiger partial charge in [0.15, 0.2) is 3.73 Å². The zero-order valence-corrected chi connectivity index (χ0v) is 6.93. The number of hydrogen-bond donors (Lipinski definition) is 1. The highest BCUT2D eigenvalue weighted by atomic mass is 127. The summed E-state index contributed by atoms with van der Waals surface area (Å²) in [6.07, 6.45) is 0. The van der Waals surface area contributed by atoms with E-state index in [-0.39, 0.29) is 0 Å². The van der Waals surface area contributed by atoms with E-state index in [1.54, 1.807) is 11.8 Å². The van der Waals surface area contributed by atoms with E-state index in [0.717, 1.165) is 0 Å². The molecule has 0 aliphatic heterocycles. The lowest BCUT2D eigenvalue weighted by Crippen LogP contribution is -2.33. The molecule has 1 atom stereocenters. The van der Waals surface area contributed by atoms with Crippen molar-refractivity contribution >= 4 is 22.6 Å². The van der Waals surface area contributed by atoms with Crippen molar-refractivity contribution in [1.29, 1.82) is 0 Å². The Morgan fingerprint density at radius 2 is 1.71 bits per heavy atom. The maximum atomic E-state index is 9.01. The molecule has 0 aromatic heterocycles. The molecule has 0 aromatic rings. The molecule has 0 aliphatic carbocycles. The lowest BCUT2D eigenvalue weighted by molar-refractivity contribution is 0.0399. The molecule has 0 saturated carbocycles. The summed E-state index contributed by atoms with van der Waals surface area (Å²) < 4.78 is -0.697. The van der Waals surface area contributed by atoms with Crippen molar-refractivity contribution in [2.24, 2.45) is 0 Å². The van der Waals surface area contributed by atoms with Crippen LogP contribution in [-0.2, 0) is 0 Å². The van der Waals surface area contributed by atoms with Crippen LogP contribution >= 0.6 is 22.6 Å². The van der Waals surface area contributed by atoms with Gasteiger partial charge in [-0.25, -0.2) is 0 Å². The average molecular weight is 215 g/mol. The maximum absolute atomic E-state index is 9.01. The number of nitrogens with zero attached hydrogens (tertiary/aromatic N) is 1. The Bertz CT molecular complexity index is 57.2. The Kier molecular flexibility index (Phi) is 2.49. The molecule has 0 amide bonds. The van der Waals surface area contributed by atoms with Crippen LogP contribution in [0.4, 0.5) is 0 Å². The summed E-state index contributed by atoms with van der Waals surface area (Å²) >= 11 is 1.95. The predicted molar refractivity (Wildman–Crippen MR) is 38.3 cm³/mol. The molecule has 0 heterocycles. The molecule has 0 saturated heterocycles. The molecule has 0 spiro atoms. The average Bonchev–Trinajstić information content (AvgIpc) is 1.31. The first-order valence-corrected chi connectivity index (χ1v) is 3.11. The van der Waals surface area contributed by atoms with E-state index in [2.05, 4.69) is 0 Å². The highest BCUT2D eigenvalue weighted by molar-refractivity contribution is 14.1. The molecule has 0 radical (unpaired) electrons. The Morgan fingerprint density at radius 1 is 1.57 bits per heavy atom. The summed E-state index contributed by atoms with van der Waals surface area (Å²) in [5.41, 5.74) is 0. The van der Waals surface area contributed by atoms with Gasteiger partial charge in [-0.2, -0.15) is 0 Å². The number of aliphatic hydroxyl groups is 1. The normalized spacial score (nSPS) is 19.7. The van der Waals surface area contributed by atoms with Crippen LogP contribution < -0.4 is 0 Å². The first-order chi connectivity index (χ1) is 2.94. The van der Waals surface area contributed by atoms with E-state index in [9.17, 15) is 0 Å². The van der Waals surface area contributed by atoms with E-state index < -0.39 is 3.73 Å². The third-order valence-corrected chi connectivity index (χ3v) is 1.78. The van der Waals surface area contributed by atoms with Gasteiger partial charge in [-0.1, -0.05) is 0 Å². The van der Waals surface area contributed by atoms with Gasteiger partial charge in [-0.3, -0.25) is 4.90 Å². The molecule has 0 aromatic carbocycles. The molecule has 1 N–H and O–H groups in total. The lowest BCUT2D eigenvalue weighted by Gasteiger charge is -2.23. The minimum atomic E-state index is -0.697. The van der Waals surface area contributed by atoms with Gasteiger partial charge in [0.05, 0.1) is 0 Å². The van der Waals surface area contributed by atoms with Crippen LogP contribution in [0.2, 0.25) is 0 Å². The van der Waals surface area contributed by atoms with Gasteiger partial charge in [0.1, 0.15) is 0 Å². The Labute approximate surface area is 57.6 Å². The van der Waals surface area contributed by atoms with E-state index in [1.807, 2.05) is 36.7 Å². The molecule has 1 unspecified atom stereocenters. The van der Waals surface area contributed by atoms with E-state index >= 15 is 0 Å². The SMILES string of the molecule is CN(C)C(C)(O)I. The van der Waals surface area contributed by atoms with Gasteiger partial charge in [0, 0.05) is 0 Å². The zero-order chi connectivity index (χ0) is 6.08. The van der Waals surface area contributed by atoms with Gasteiger partial charge >= 0.3 is 0 Å². The summed E-state index contributed by atoms with van der Waals surface area (Å²) in [7, 11) is 3.65. The van der Waals surface area contributed by atoms with Crippen molar-refractivity contribution in [3.05, 3.63) is 0 Å². The lowest BCUT2D eigenvalue weighted by atomic mass is 10.6. The van der Waals surface area contributed by atoms with Gasteiger partial charge in [0.25, 0.3) is 0 Å². The van der Waals surface area contributed by atoms with Crippen LogP contribution in [0.1, 0.15) is 6.92 Å². The largest absolute Gasteiger partial charge is 0.367 e. The fourth-order valence-corrected chi connectivity index (χ4v) is 0. The monoisotopic (exact) mass is 215 g/mol. The molecule has 44 valence electrons. The summed E-state index contributed by atoms with van der Waals surface area (Å²) in [5, 5.41) is 9.01. The highest BCUT2D eigenvalue weighted by Crippen LogP contribution is 2.14. The highest BCUT2D eigenvalue weighted by Gasteiger charge is 2.15. The topological polar surface area (TPSA) is 23.5 Å². The smallest absolute Gasteiger partial charge is 0.167 e. The first-order valence-electron chi connectivity index (χ1n) is 2.03. The van der Waals surface area contributed by atoms with E-state index in [1.165, 1.54) is 0 Å². The maximum Gasteiger partial charge on any atom is 0.167 e. The van der Waals surface area contributed by atoms with E-state index in [0.29, 0.717) is 0 Å². The van der Waals surface area contributed by atoms with Crippen molar-refractivity contribution < 1.29 is 5.11 Å². The number of hydrogen-bond acceptors (Lipinski definition) is 2. The molecular formula is C4H10INO. The van der Waals surface area contributed by atoms with Crippen molar-refractivity contribution in [2.75, 3.05) is 14.1 Å². The van der Waals surface area contributed by atoms with Crippen LogP contribution in [0, 0.1) is 0 Å². The number of rotatable bonds is 1. The standard InChI is InChI=1S/C4H10INO/c1-4(5,7)6(2)3/h7H,1-3H3. The fraction of sp³-hybridized carbons (Fsp3) is 1.00. The summed E-state index contributed by atoms with van der Waals surface area (Å²) in [6.45, 7) is 1.73. The molecular weight excluding hydrogens is 205 g/mol. The molecule has 3 heteroatoms. The van der Waals surface area contributed by atoms with Crippen molar-refractivity contribution in [2.45, 2.75) is 10.7 Å². The van der Waals surface area contributed by atoms with Crippen molar-refractivity contribution in [1.82, 2.24) is 4.90 Å². The Hall–Kier alpha value is 0.650. The minimum absolute atomic E-state index is 0.697. The van der Waals surface area contributed by atoms with Crippen LogP contribution in [0.5, 0.6) is 0 Å². The number of halogens is 1. The van der Waals surface area contributed by atoms with Gasteiger partial charge in [0.2, 0.25) is 0 Å². The minimum Gasteiger partial charge on any atom is -0.367 e. The van der Waals surface area contributed by atoms with Gasteiger partial charge in [-0.15, -0.1) is 0 Å². The molecule has 0 rings (SSSR count). The predicted octanol–water partition coefficient (Wildman–Crippen LogP) is 0.649. The summed E-state index contributed by atoms with van der Waals surface area (Å²) in [5.74, 6) is 0. The molecule has 0 aliphatic rings. The summed E-state index contributed by atoms with van der Waals surface area (Å²) in [6, 6.07) is 0. The Morgan fingerprint density at radius 3 is 1.71 bits per heavy atom. The van der Waals surface area contributed by atoms with Crippen LogP contribution in [-0.4, -0.2) is 27.8 Å². The van der Waals surface area contributed by atoms with Crippen molar-refractivity contribution in [3.63, 3.8) is 0 Å². The zero-order valence-electron chi connectivity index (χ0n) is 4.77. The number of alkyl halides is 1. The van der Waals surface area contributed by atoms with Gasteiger partial charge < -0.3 is 5.11 Å². The first kappa shape index (κ1) is 7.65. The molecule has 0 fully saturated rings. The second-order valence-corrected chi connectivity index (χ2v) is 3.84.